The third kappa shape index (κ3) is 3.83. The number of phenolic OH excluding ortho intramolecular Hbond substituents is 1. The first-order valence-electron chi connectivity index (χ1n) is 10.6. The van der Waals surface area contributed by atoms with E-state index in [1.807, 2.05) is 37.3 Å². The monoisotopic (exact) mass is 454 g/mol. The maximum absolute atomic E-state index is 13.6. The van der Waals surface area contributed by atoms with E-state index in [4.69, 9.17) is 9.84 Å². The number of allylic oxidation sites excluding steroid dienone is 1. The predicted octanol–water partition coefficient (Wildman–Crippen LogP) is 3.98. The number of fused-ring (bicyclic) bond motifs is 1. The van der Waals surface area contributed by atoms with Gasteiger partial charge in [-0.2, -0.15) is 4.98 Å². The molecule has 5 rings (SSSR count). The molecule has 0 aliphatic carbocycles. The Hall–Kier alpha value is -4.66. The first-order valence-corrected chi connectivity index (χ1v) is 10.6. The Morgan fingerprint density at radius 2 is 2.00 bits per heavy atom. The van der Waals surface area contributed by atoms with E-state index in [-0.39, 0.29) is 11.7 Å². The molecule has 1 unspecified atom stereocenters. The number of aromatic hydroxyl groups is 1. The quantitative estimate of drug-likeness (QED) is 0.418. The maximum atomic E-state index is 13.6. The van der Waals surface area contributed by atoms with Crippen LogP contribution in [0.15, 0.2) is 84.3 Å². The summed E-state index contributed by atoms with van der Waals surface area (Å²) in [5.41, 5.74) is 3.05. The van der Waals surface area contributed by atoms with Crippen LogP contribution in [-0.2, 0) is 4.79 Å². The average Bonchev–Trinajstić information content (AvgIpc) is 3.27. The van der Waals surface area contributed by atoms with Crippen LogP contribution in [-0.4, -0.2) is 37.9 Å². The maximum Gasteiger partial charge on any atom is 0.255 e. The first kappa shape index (κ1) is 21.2. The van der Waals surface area contributed by atoms with Crippen LogP contribution in [0.3, 0.4) is 0 Å². The van der Waals surface area contributed by atoms with E-state index in [2.05, 4.69) is 20.6 Å². The summed E-state index contributed by atoms with van der Waals surface area (Å²) in [6.07, 6.45) is 3.36. The lowest BCUT2D eigenvalue weighted by atomic mass is 9.95. The van der Waals surface area contributed by atoms with E-state index in [0.717, 1.165) is 5.56 Å². The van der Waals surface area contributed by atoms with Crippen molar-refractivity contribution in [1.29, 1.82) is 0 Å². The van der Waals surface area contributed by atoms with Crippen LogP contribution in [0.5, 0.6) is 11.5 Å². The smallest absolute Gasteiger partial charge is 0.255 e. The molecule has 34 heavy (non-hydrogen) atoms. The highest BCUT2D eigenvalue weighted by Crippen LogP contribution is 2.38. The second-order valence-electron chi connectivity index (χ2n) is 7.76. The number of para-hydroxylation sites is 2. The molecular formula is C25H22N6O3. The molecule has 3 heterocycles. The fraction of sp³-hybridized carbons (Fsp3) is 0.120. The summed E-state index contributed by atoms with van der Waals surface area (Å²) in [6.45, 7) is 1.81. The Labute approximate surface area is 195 Å². The summed E-state index contributed by atoms with van der Waals surface area (Å²) in [6, 6.07) is 17.0. The number of pyridine rings is 1. The highest BCUT2D eigenvalue weighted by atomic mass is 16.5. The second-order valence-corrected chi connectivity index (χ2v) is 7.76. The zero-order chi connectivity index (χ0) is 23.7. The molecule has 4 aromatic rings. The van der Waals surface area contributed by atoms with E-state index in [1.54, 1.807) is 54.5 Å². The van der Waals surface area contributed by atoms with Gasteiger partial charge in [-0.25, -0.2) is 4.68 Å². The number of hydrogen-bond acceptors (Lipinski definition) is 7. The number of amides is 1. The minimum atomic E-state index is -0.629. The largest absolute Gasteiger partial charge is 0.508 e. The van der Waals surface area contributed by atoms with Crippen molar-refractivity contribution in [2.45, 2.75) is 13.0 Å². The van der Waals surface area contributed by atoms with Gasteiger partial charge in [-0.15, -0.1) is 5.10 Å². The van der Waals surface area contributed by atoms with E-state index in [0.29, 0.717) is 40.0 Å². The van der Waals surface area contributed by atoms with Crippen LogP contribution in [0.1, 0.15) is 18.5 Å². The lowest BCUT2D eigenvalue weighted by molar-refractivity contribution is -0.113. The van der Waals surface area contributed by atoms with Gasteiger partial charge in [0, 0.05) is 23.7 Å². The third-order valence-electron chi connectivity index (χ3n) is 5.56. The summed E-state index contributed by atoms with van der Waals surface area (Å²) < 4.78 is 7.04. The summed E-state index contributed by atoms with van der Waals surface area (Å²) >= 11 is 0. The summed E-state index contributed by atoms with van der Waals surface area (Å²) in [5.74, 6) is 1.27. The Balaban J connectivity index is 1.61. The Morgan fingerprint density at radius 3 is 2.76 bits per heavy atom. The molecule has 0 radical (unpaired) electrons. The van der Waals surface area contributed by atoms with Crippen LogP contribution < -0.4 is 15.4 Å². The number of carbonyl (C=O) groups excluding carboxylic acids is 1. The number of nitrogens with zero attached hydrogens (tertiary/aromatic N) is 4. The molecule has 1 aliphatic rings. The van der Waals surface area contributed by atoms with Crippen LogP contribution in [0.25, 0.3) is 11.4 Å². The molecule has 2 aromatic carbocycles. The molecule has 0 fully saturated rings. The van der Waals surface area contributed by atoms with Crippen molar-refractivity contribution in [2.24, 2.45) is 0 Å². The number of nitrogens with one attached hydrogen (secondary N) is 2. The number of hydrogen-bond donors (Lipinski definition) is 3. The van der Waals surface area contributed by atoms with Gasteiger partial charge in [-0.05, 0) is 48.9 Å². The number of ether oxygens (including phenoxy) is 1. The number of phenols is 1. The van der Waals surface area contributed by atoms with Crippen molar-refractivity contribution in [3.05, 3.63) is 89.9 Å². The van der Waals surface area contributed by atoms with E-state index >= 15 is 0 Å². The number of rotatable bonds is 5. The lowest BCUT2D eigenvalue weighted by Gasteiger charge is -2.29. The summed E-state index contributed by atoms with van der Waals surface area (Å²) in [5, 5.41) is 21.0. The van der Waals surface area contributed by atoms with Crippen molar-refractivity contribution < 1.29 is 14.6 Å². The van der Waals surface area contributed by atoms with Crippen molar-refractivity contribution in [3.63, 3.8) is 0 Å². The number of anilines is 2. The van der Waals surface area contributed by atoms with Crippen molar-refractivity contribution >= 4 is 17.5 Å². The Kier molecular flexibility index (Phi) is 5.43. The van der Waals surface area contributed by atoms with Crippen LogP contribution in [0, 0.1) is 0 Å². The molecule has 0 bridgehead atoms. The van der Waals surface area contributed by atoms with Gasteiger partial charge < -0.3 is 20.5 Å². The molecule has 0 saturated heterocycles. The number of aromatic nitrogens is 4. The SMILES string of the molecule is COc1ccccc1NC(=O)C1=C(C)Nc2nc(-c3cccnc3)nn2C1c1cccc(O)c1. The van der Waals surface area contributed by atoms with Gasteiger partial charge >= 0.3 is 0 Å². The van der Waals surface area contributed by atoms with Gasteiger partial charge in [0.25, 0.3) is 5.91 Å². The minimum absolute atomic E-state index is 0.0901. The van der Waals surface area contributed by atoms with Crippen molar-refractivity contribution in [2.75, 3.05) is 17.7 Å². The first-order chi connectivity index (χ1) is 16.5. The van der Waals surface area contributed by atoms with Crippen LogP contribution in [0.4, 0.5) is 11.6 Å². The van der Waals surface area contributed by atoms with Gasteiger partial charge in [-0.1, -0.05) is 24.3 Å². The van der Waals surface area contributed by atoms with E-state index in [1.165, 1.54) is 0 Å². The average molecular weight is 454 g/mol. The number of carbonyl (C=O) groups is 1. The van der Waals surface area contributed by atoms with Crippen LogP contribution >= 0.6 is 0 Å². The topological polar surface area (TPSA) is 114 Å². The fourth-order valence-electron chi connectivity index (χ4n) is 4.00. The van der Waals surface area contributed by atoms with Crippen molar-refractivity contribution in [1.82, 2.24) is 19.7 Å². The molecule has 3 N–H and O–H groups in total. The third-order valence-corrected chi connectivity index (χ3v) is 5.56. The Bertz CT molecular complexity index is 1400. The summed E-state index contributed by atoms with van der Waals surface area (Å²) in [7, 11) is 1.55. The van der Waals surface area contributed by atoms with E-state index < -0.39 is 6.04 Å². The van der Waals surface area contributed by atoms with Gasteiger partial charge in [-0.3, -0.25) is 9.78 Å². The highest BCUT2D eigenvalue weighted by molar-refractivity contribution is 6.06. The molecule has 1 atom stereocenters. The molecule has 0 spiro atoms. The predicted molar refractivity (Wildman–Crippen MR) is 127 cm³/mol. The van der Waals surface area contributed by atoms with Gasteiger partial charge in [0.2, 0.25) is 5.95 Å². The molecule has 1 aliphatic heterocycles. The molecule has 9 heteroatoms. The number of methoxy groups -OCH3 is 1. The minimum Gasteiger partial charge on any atom is -0.508 e. The standard InChI is InChI=1S/C25H22N6O3/c1-15-21(24(33)28-19-10-3-4-11-20(19)34-2)22(16-7-5-9-18(32)13-16)31-25(27-15)29-23(30-31)17-8-6-12-26-14-17/h3-14,22,32H,1-2H3,(H,28,33)(H,27,29,30). The fourth-order valence-corrected chi connectivity index (χ4v) is 4.00. The van der Waals surface area contributed by atoms with Crippen LogP contribution in [0.2, 0.25) is 0 Å². The normalized spacial score (nSPS) is 14.8. The molecule has 2 aromatic heterocycles. The molecular weight excluding hydrogens is 432 g/mol. The molecule has 1 amide bonds. The molecule has 170 valence electrons. The summed E-state index contributed by atoms with van der Waals surface area (Å²) in [4.78, 5) is 22.4. The Morgan fingerprint density at radius 1 is 1.15 bits per heavy atom. The van der Waals surface area contributed by atoms with Crippen molar-refractivity contribution in [3.8, 4) is 22.9 Å². The zero-order valence-electron chi connectivity index (χ0n) is 18.6. The van der Waals surface area contributed by atoms with Gasteiger partial charge in [0.15, 0.2) is 5.82 Å². The zero-order valence-corrected chi connectivity index (χ0v) is 18.6. The van der Waals surface area contributed by atoms with E-state index in [9.17, 15) is 9.90 Å². The van der Waals surface area contributed by atoms with Gasteiger partial charge in [0.1, 0.15) is 17.5 Å². The number of benzene rings is 2. The second kappa shape index (κ2) is 8.70. The highest BCUT2D eigenvalue weighted by Gasteiger charge is 2.35. The molecule has 0 saturated carbocycles. The molecule has 9 nitrogen and oxygen atoms in total. The lowest BCUT2D eigenvalue weighted by Crippen LogP contribution is -2.31. The van der Waals surface area contributed by atoms with Gasteiger partial charge in [0.05, 0.1) is 18.4 Å².